The molecule has 0 saturated carbocycles. The van der Waals surface area contributed by atoms with Gasteiger partial charge in [0.15, 0.2) is 17.5 Å². The van der Waals surface area contributed by atoms with E-state index < -0.39 is 22.4 Å². The molecule has 26 heavy (non-hydrogen) atoms. The van der Waals surface area contributed by atoms with Crippen molar-refractivity contribution < 1.29 is 18.1 Å². The van der Waals surface area contributed by atoms with Crippen LogP contribution >= 0.6 is 11.6 Å². The van der Waals surface area contributed by atoms with Gasteiger partial charge in [0.05, 0.1) is 15.6 Å². The molecule has 138 valence electrons. The molecule has 2 aromatic carbocycles. The first-order chi connectivity index (χ1) is 12.3. The second-order valence-electron chi connectivity index (χ2n) is 6.40. The third-order valence-electron chi connectivity index (χ3n) is 4.67. The Hall–Kier alpha value is -2.28. The van der Waals surface area contributed by atoms with Gasteiger partial charge in [-0.3, -0.25) is 10.1 Å². The molecular weight excluding hydrogens is 369 g/mol. The monoisotopic (exact) mass is 384 g/mol. The molecule has 0 N–H and O–H groups in total. The van der Waals surface area contributed by atoms with Crippen molar-refractivity contribution in [2.75, 3.05) is 18.0 Å². The summed E-state index contributed by atoms with van der Waals surface area (Å²) < 4.78 is 39.7. The number of hydrogen-bond donors (Lipinski definition) is 0. The van der Waals surface area contributed by atoms with E-state index in [4.69, 9.17) is 11.6 Å². The minimum atomic E-state index is -1.45. The van der Waals surface area contributed by atoms with Crippen LogP contribution < -0.4 is 4.90 Å². The van der Waals surface area contributed by atoms with Gasteiger partial charge in [0.25, 0.3) is 5.69 Å². The van der Waals surface area contributed by atoms with Crippen molar-refractivity contribution in [2.45, 2.75) is 19.3 Å². The van der Waals surface area contributed by atoms with Crippen molar-refractivity contribution in [1.82, 2.24) is 0 Å². The van der Waals surface area contributed by atoms with Gasteiger partial charge in [-0.2, -0.15) is 0 Å². The first kappa shape index (κ1) is 18.5. The summed E-state index contributed by atoms with van der Waals surface area (Å²) >= 11 is 6.16. The number of nitro groups is 1. The highest BCUT2D eigenvalue weighted by molar-refractivity contribution is 6.33. The zero-order valence-electron chi connectivity index (χ0n) is 13.7. The molecule has 3 rings (SSSR count). The van der Waals surface area contributed by atoms with Gasteiger partial charge < -0.3 is 4.90 Å². The van der Waals surface area contributed by atoms with Crippen molar-refractivity contribution in [1.29, 1.82) is 0 Å². The summed E-state index contributed by atoms with van der Waals surface area (Å²) in [5, 5.41) is 11.1. The third kappa shape index (κ3) is 3.93. The molecule has 1 heterocycles. The first-order valence-electron chi connectivity index (χ1n) is 8.17. The van der Waals surface area contributed by atoms with Crippen LogP contribution in [-0.2, 0) is 6.42 Å². The molecule has 0 bridgehead atoms. The largest absolute Gasteiger partial charge is 0.370 e. The smallest absolute Gasteiger partial charge is 0.271 e. The summed E-state index contributed by atoms with van der Waals surface area (Å²) in [6.45, 7) is 1.35. The lowest BCUT2D eigenvalue weighted by Gasteiger charge is -2.34. The Morgan fingerprint density at radius 3 is 2.27 bits per heavy atom. The highest BCUT2D eigenvalue weighted by Crippen LogP contribution is 2.33. The second-order valence-corrected chi connectivity index (χ2v) is 6.81. The highest BCUT2D eigenvalue weighted by Gasteiger charge is 2.23. The number of halogens is 4. The highest BCUT2D eigenvalue weighted by atomic mass is 35.5. The van der Waals surface area contributed by atoms with Crippen molar-refractivity contribution in [2.24, 2.45) is 5.92 Å². The van der Waals surface area contributed by atoms with Gasteiger partial charge in [-0.1, -0.05) is 11.6 Å². The molecule has 0 aliphatic carbocycles. The summed E-state index contributed by atoms with van der Waals surface area (Å²) in [4.78, 5) is 12.3. The van der Waals surface area contributed by atoms with Crippen LogP contribution in [0.25, 0.3) is 0 Å². The SMILES string of the molecule is O=[N+]([O-])c1ccc(N2CCC(Cc3cc(F)c(F)c(F)c3)CC2)c(Cl)c1. The van der Waals surface area contributed by atoms with Crippen LogP contribution in [0.5, 0.6) is 0 Å². The van der Waals surface area contributed by atoms with Gasteiger partial charge in [0.1, 0.15) is 0 Å². The van der Waals surface area contributed by atoms with E-state index in [-0.39, 0.29) is 11.6 Å². The van der Waals surface area contributed by atoms with Gasteiger partial charge in [-0.25, -0.2) is 13.2 Å². The summed E-state index contributed by atoms with van der Waals surface area (Å²) in [6, 6.07) is 6.45. The first-order valence-corrected chi connectivity index (χ1v) is 8.55. The average Bonchev–Trinajstić information content (AvgIpc) is 2.60. The van der Waals surface area contributed by atoms with E-state index >= 15 is 0 Å². The summed E-state index contributed by atoms with van der Waals surface area (Å²) in [7, 11) is 0. The molecule has 0 unspecified atom stereocenters. The fourth-order valence-electron chi connectivity index (χ4n) is 3.30. The lowest BCUT2D eigenvalue weighted by Crippen LogP contribution is -2.34. The number of anilines is 1. The standard InChI is InChI=1S/C18H16ClF3N2O2/c19-14-10-13(24(25)26)1-2-17(14)23-5-3-11(4-6-23)7-12-8-15(20)18(22)16(21)9-12/h1-2,8-11H,3-7H2. The fourth-order valence-corrected chi connectivity index (χ4v) is 3.60. The van der Waals surface area contributed by atoms with Crippen LogP contribution in [0, 0.1) is 33.5 Å². The molecular formula is C18H16ClF3N2O2. The summed E-state index contributed by atoms with van der Waals surface area (Å²) in [5.41, 5.74) is 1.11. The van der Waals surface area contributed by atoms with E-state index in [1.807, 2.05) is 4.90 Å². The van der Waals surface area contributed by atoms with Gasteiger partial charge >= 0.3 is 0 Å². The number of nitro benzene ring substituents is 1. The van der Waals surface area contributed by atoms with E-state index in [1.54, 1.807) is 6.07 Å². The van der Waals surface area contributed by atoms with Crippen LogP contribution in [0.3, 0.4) is 0 Å². The van der Waals surface area contributed by atoms with Gasteiger partial charge in [-0.15, -0.1) is 0 Å². The molecule has 8 heteroatoms. The molecule has 1 saturated heterocycles. The molecule has 0 atom stereocenters. The van der Waals surface area contributed by atoms with Crippen molar-refractivity contribution in [3.63, 3.8) is 0 Å². The summed E-state index contributed by atoms with van der Waals surface area (Å²) in [6.07, 6.45) is 2.01. The minimum Gasteiger partial charge on any atom is -0.370 e. The molecule has 0 aromatic heterocycles. The van der Waals surface area contributed by atoms with Crippen molar-refractivity contribution in [3.8, 4) is 0 Å². The number of piperidine rings is 1. The van der Waals surface area contributed by atoms with Crippen LogP contribution in [0.15, 0.2) is 30.3 Å². The molecule has 0 spiro atoms. The molecule has 4 nitrogen and oxygen atoms in total. The number of benzene rings is 2. The maximum absolute atomic E-state index is 13.3. The van der Waals surface area contributed by atoms with Crippen LogP contribution in [0.2, 0.25) is 5.02 Å². The molecule has 2 aromatic rings. The van der Waals surface area contributed by atoms with Gasteiger partial charge in [0.2, 0.25) is 0 Å². The Morgan fingerprint density at radius 1 is 1.12 bits per heavy atom. The Balaban J connectivity index is 1.63. The van der Waals surface area contributed by atoms with E-state index in [2.05, 4.69) is 0 Å². The molecule has 1 fully saturated rings. The van der Waals surface area contributed by atoms with Gasteiger partial charge in [0, 0.05) is 25.2 Å². The predicted molar refractivity (Wildman–Crippen MR) is 93.1 cm³/mol. The Labute approximate surface area is 153 Å². The van der Waals surface area contributed by atoms with Crippen molar-refractivity contribution >= 4 is 23.0 Å². The Kier molecular flexibility index (Phi) is 5.36. The van der Waals surface area contributed by atoms with E-state index in [9.17, 15) is 23.3 Å². The molecule has 1 aliphatic rings. The van der Waals surface area contributed by atoms with E-state index in [0.29, 0.717) is 30.1 Å². The number of rotatable bonds is 4. The van der Waals surface area contributed by atoms with Crippen molar-refractivity contribution in [3.05, 3.63) is 68.5 Å². The number of hydrogen-bond acceptors (Lipinski definition) is 3. The minimum absolute atomic E-state index is 0.0611. The molecule has 1 aliphatic heterocycles. The number of non-ortho nitro benzene ring substituents is 1. The van der Waals surface area contributed by atoms with Crippen LogP contribution in [0.1, 0.15) is 18.4 Å². The third-order valence-corrected chi connectivity index (χ3v) is 4.97. The van der Waals surface area contributed by atoms with E-state index in [0.717, 1.165) is 30.7 Å². The molecule has 0 radical (unpaired) electrons. The zero-order chi connectivity index (χ0) is 18.8. The fraction of sp³-hybridized carbons (Fsp3) is 0.333. The lowest BCUT2D eigenvalue weighted by molar-refractivity contribution is -0.384. The maximum Gasteiger partial charge on any atom is 0.271 e. The van der Waals surface area contributed by atoms with E-state index in [1.165, 1.54) is 12.1 Å². The zero-order valence-corrected chi connectivity index (χ0v) is 14.5. The predicted octanol–water partition coefficient (Wildman–Crippen LogP) is 5.12. The maximum atomic E-state index is 13.3. The average molecular weight is 385 g/mol. The second kappa shape index (κ2) is 7.53. The Bertz CT molecular complexity index is 816. The van der Waals surface area contributed by atoms with Crippen LogP contribution in [-0.4, -0.2) is 18.0 Å². The topological polar surface area (TPSA) is 46.4 Å². The van der Waals surface area contributed by atoms with Crippen LogP contribution in [0.4, 0.5) is 24.5 Å². The molecule has 0 amide bonds. The normalized spacial score (nSPS) is 15.3. The summed E-state index contributed by atoms with van der Waals surface area (Å²) in [5.74, 6) is -3.58. The quantitative estimate of drug-likeness (QED) is 0.417. The lowest BCUT2D eigenvalue weighted by atomic mass is 9.90. The number of nitrogens with zero attached hydrogens (tertiary/aromatic N) is 2. The Morgan fingerprint density at radius 2 is 1.73 bits per heavy atom. The van der Waals surface area contributed by atoms with Gasteiger partial charge in [-0.05, 0) is 48.9 Å².